The molecule has 0 aliphatic carbocycles. The van der Waals surface area contributed by atoms with Crippen LogP contribution in [0.4, 0.5) is 4.39 Å². The number of halogens is 1. The van der Waals surface area contributed by atoms with E-state index in [0.29, 0.717) is 31.8 Å². The molecule has 1 aromatic heterocycles. The van der Waals surface area contributed by atoms with Gasteiger partial charge in [0.2, 0.25) is 10.0 Å². The van der Waals surface area contributed by atoms with Crippen molar-refractivity contribution in [3.63, 3.8) is 0 Å². The maximum Gasteiger partial charge on any atom is 0.243 e. The summed E-state index contributed by atoms with van der Waals surface area (Å²) in [5.74, 6) is -0.00473. The first kappa shape index (κ1) is 16.1. The van der Waals surface area contributed by atoms with Crippen molar-refractivity contribution in [1.82, 2.24) is 14.3 Å². The summed E-state index contributed by atoms with van der Waals surface area (Å²) in [7, 11) is -3.62. The van der Waals surface area contributed by atoms with Crippen LogP contribution in [0.25, 0.3) is 0 Å². The highest BCUT2D eigenvalue weighted by Crippen LogP contribution is 2.31. The molecule has 1 unspecified atom stereocenters. The summed E-state index contributed by atoms with van der Waals surface area (Å²) >= 11 is 0. The lowest BCUT2D eigenvalue weighted by Crippen LogP contribution is -2.39. The van der Waals surface area contributed by atoms with Crippen LogP contribution in [-0.2, 0) is 10.0 Å². The third-order valence-electron chi connectivity index (χ3n) is 4.20. The SMILES string of the molecule is O=S(=O)(c1ccc(F)cc1)N1CCC(C(O)c2ncc[nH]2)CC1. The molecule has 0 spiro atoms. The molecule has 1 aliphatic rings. The highest BCUT2D eigenvalue weighted by Gasteiger charge is 2.33. The van der Waals surface area contributed by atoms with Crippen LogP contribution in [0.2, 0.25) is 0 Å². The first-order valence-electron chi connectivity index (χ1n) is 7.41. The molecule has 1 aromatic carbocycles. The second-order valence-electron chi connectivity index (χ2n) is 5.61. The first-order chi connectivity index (χ1) is 11.0. The average molecular weight is 339 g/mol. The molecule has 3 rings (SSSR count). The van der Waals surface area contributed by atoms with Gasteiger partial charge in [0, 0.05) is 25.5 Å². The number of piperidine rings is 1. The van der Waals surface area contributed by atoms with Crippen LogP contribution in [0, 0.1) is 11.7 Å². The average Bonchev–Trinajstić information content (AvgIpc) is 3.09. The Labute approximate surface area is 134 Å². The fourth-order valence-corrected chi connectivity index (χ4v) is 4.32. The van der Waals surface area contributed by atoms with Gasteiger partial charge in [0.05, 0.1) is 4.90 Å². The topological polar surface area (TPSA) is 86.3 Å². The van der Waals surface area contributed by atoms with Crippen molar-refractivity contribution in [2.45, 2.75) is 23.8 Å². The molecule has 8 heteroatoms. The molecule has 0 saturated carbocycles. The number of sulfonamides is 1. The van der Waals surface area contributed by atoms with E-state index in [0.717, 1.165) is 12.1 Å². The van der Waals surface area contributed by atoms with Crippen molar-refractivity contribution in [1.29, 1.82) is 0 Å². The number of aromatic amines is 1. The summed E-state index contributed by atoms with van der Waals surface area (Å²) in [6, 6.07) is 4.82. The van der Waals surface area contributed by atoms with Crippen LogP contribution in [0.3, 0.4) is 0 Å². The Kier molecular flexibility index (Phi) is 4.47. The van der Waals surface area contributed by atoms with E-state index in [1.807, 2.05) is 0 Å². The zero-order valence-corrected chi connectivity index (χ0v) is 13.2. The maximum atomic E-state index is 12.9. The number of H-pyrrole nitrogens is 1. The van der Waals surface area contributed by atoms with Gasteiger partial charge in [0.15, 0.2) is 0 Å². The summed E-state index contributed by atoms with van der Waals surface area (Å²) in [4.78, 5) is 7.01. The minimum Gasteiger partial charge on any atom is -0.385 e. The molecule has 124 valence electrons. The van der Waals surface area contributed by atoms with E-state index in [9.17, 15) is 17.9 Å². The van der Waals surface area contributed by atoms with Crippen LogP contribution in [0.5, 0.6) is 0 Å². The van der Waals surface area contributed by atoms with E-state index >= 15 is 0 Å². The third kappa shape index (κ3) is 3.29. The fraction of sp³-hybridized carbons (Fsp3) is 0.400. The van der Waals surface area contributed by atoms with E-state index in [1.54, 1.807) is 12.4 Å². The number of aromatic nitrogens is 2. The highest BCUT2D eigenvalue weighted by molar-refractivity contribution is 7.89. The summed E-state index contributed by atoms with van der Waals surface area (Å²) in [6.45, 7) is 0.643. The predicted molar refractivity (Wildman–Crippen MR) is 81.4 cm³/mol. The zero-order valence-electron chi connectivity index (χ0n) is 12.4. The fourth-order valence-electron chi connectivity index (χ4n) is 2.85. The Balaban J connectivity index is 1.67. The van der Waals surface area contributed by atoms with Crippen LogP contribution < -0.4 is 0 Å². The van der Waals surface area contributed by atoms with Crippen molar-refractivity contribution in [2.75, 3.05) is 13.1 Å². The molecule has 1 aliphatic heterocycles. The first-order valence-corrected chi connectivity index (χ1v) is 8.85. The quantitative estimate of drug-likeness (QED) is 0.887. The van der Waals surface area contributed by atoms with Gasteiger partial charge < -0.3 is 10.1 Å². The van der Waals surface area contributed by atoms with Gasteiger partial charge in [0.25, 0.3) is 0 Å². The number of imidazole rings is 1. The van der Waals surface area contributed by atoms with Gasteiger partial charge in [-0.05, 0) is 43.0 Å². The highest BCUT2D eigenvalue weighted by atomic mass is 32.2. The molecule has 0 radical (unpaired) electrons. The van der Waals surface area contributed by atoms with Crippen molar-refractivity contribution in [3.8, 4) is 0 Å². The summed E-state index contributed by atoms with van der Waals surface area (Å²) in [6.07, 6.45) is 3.59. The predicted octanol–water partition coefficient (Wildman–Crippen LogP) is 1.68. The molecule has 1 saturated heterocycles. The number of rotatable bonds is 4. The molecule has 2 heterocycles. The zero-order chi connectivity index (χ0) is 16.4. The summed E-state index contributed by atoms with van der Waals surface area (Å²) in [5.41, 5.74) is 0. The van der Waals surface area contributed by atoms with Crippen LogP contribution in [0.1, 0.15) is 24.8 Å². The summed E-state index contributed by atoms with van der Waals surface area (Å²) < 4.78 is 39.4. The molecule has 2 aromatic rings. The Morgan fingerprint density at radius 3 is 2.48 bits per heavy atom. The van der Waals surface area contributed by atoms with Crippen LogP contribution >= 0.6 is 0 Å². The van der Waals surface area contributed by atoms with E-state index < -0.39 is 21.9 Å². The number of nitrogens with one attached hydrogen (secondary N) is 1. The third-order valence-corrected chi connectivity index (χ3v) is 6.11. The number of aliphatic hydroxyl groups is 1. The van der Waals surface area contributed by atoms with Gasteiger partial charge in [-0.15, -0.1) is 0 Å². The number of benzene rings is 1. The van der Waals surface area contributed by atoms with Gasteiger partial charge >= 0.3 is 0 Å². The number of aliphatic hydroxyl groups excluding tert-OH is 1. The minimum absolute atomic E-state index is 0.0409. The molecular formula is C15H18FN3O3S. The lowest BCUT2D eigenvalue weighted by Gasteiger charge is -2.32. The van der Waals surface area contributed by atoms with E-state index in [4.69, 9.17) is 0 Å². The van der Waals surface area contributed by atoms with Gasteiger partial charge in [-0.3, -0.25) is 0 Å². The maximum absolute atomic E-state index is 12.9. The monoisotopic (exact) mass is 339 g/mol. The van der Waals surface area contributed by atoms with Crippen LogP contribution in [-0.4, -0.2) is 40.9 Å². The Morgan fingerprint density at radius 2 is 1.91 bits per heavy atom. The number of hydrogen-bond acceptors (Lipinski definition) is 4. The normalized spacial score (nSPS) is 18.9. The number of nitrogens with zero attached hydrogens (tertiary/aromatic N) is 2. The van der Waals surface area contributed by atoms with Crippen molar-refractivity contribution < 1.29 is 17.9 Å². The lowest BCUT2D eigenvalue weighted by molar-refractivity contribution is 0.0696. The molecule has 1 fully saturated rings. The molecule has 0 bridgehead atoms. The van der Waals surface area contributed by atoms with E-state index in [2.05, 4.69) is 9.97 Å². The second kappa shape index (κ2) is 6.38. The molecule has 23 heavy (non-hydrogen) atoms. The molecule has 6 nitrogen and oxygen atoms in total. The molecule has 2 N–H and O–H groups in total. The van der Waals surface area contributed by atoms with Gasteiger partial charge in [-0.25, -0.2) is 17.8 Å². The van der Waals surface area contributed by atoms with E-state index in [-0.39, 0.29) is 10.8 Å². The summed E-state index contributed by atoms with van der Waals surface area (Å²) in [5, 5.41) is 10.3. The van der Waals surface area contributed by atoms with Crippen molar-refractivity contribution >= 4 is 10.0 Å². The largest absolute Gasteiger partial charge is 0.385 e. The standard InChI is InChI=1S/C15H18FN3O3S/c16-12-1-3-13(4-2-12)23(21,22)19-9-5-11(6-10-19)14(20)15-17-7-8-18-15/h1-4,7-8,11,14,20H,5-6,9-10H2,(H,17,18). The molecular weight excluding hydrogens is 321 g/mol. The Morgan fingerprint density at radius 1 is 1.26 bits per heavy atom. The second-order valence-corrected chi connectivity index (χ2v) is 7.55. The van der Waals surface area contributed by atoms with Crippen LogP contribution in [0.15, 0.2) is 41.6 Å². The van der Waals surface area contributed by atoms with Crippen molar-refractivity contribution in [2.24, 2.45) is 5.92 Å². The Bertz CT molecular complexity index is 739. The minimum atomic E-state index is -3.62. The Hall–Kier alpha value is -1.77. The van der Waals surface area contributed by atoms with E-state index in [1.165, 1.54) is 16.4 Å². The smallest absolute Gasteiger partial charge is 0.243 e. The number of hydrogen-bond donors (Lipinski definition) is 2. The van der Waals surface area contributed by atoms with Gasteiger partial charge in [-0.1, -0.05) is 0 Å². The lowest BCUT2D eigenvalue weighted by atomic mass is 9.92. The van der Waals surface area contributed by atoms with Gasteiger partial charge in [-0.2, -0.15) is 4.31 Å². The molecule has 0 amide bonds. The van der Waals surface area contributed by atoms with Crippen molar-refractivity contribution in [3.05, 3.63) is 48.3 Å². The molecule has 1 atom stereocenters. The van der Waals surface area contributed by atoms with Gasteiger partial charge in [0.1, 0.15) is 17.7 Å².